The molecular weight excluding hydrogens is 356 g/mol. The summed E-state index contributed by atoms with van der Waals surface area (Å²) in [5.74, 6) is 0.658. The van der Waals surface area contributed by atoms with Gasteiger partial charge < -0.3 is 20.5 Å². The van der Waals surface area contributed by atoms with Gasteiger partial charge in [-0.1, -0.05) is 12.1 Å². The second-order valence-electron chi connectivity index (χ2n) is 5.39. The van der Waals surface area contributed by atoms with Gasteiger partial charge in [-0.2, -0.15) is 11.3 Å². The van der Waals surface area contributed by atoms with E-state index in [1.807, 2.05) is 34.3 Å². The van der Waals surface area contributed by atoms with Crippen molar-refractivity contribution in [3.8, 4) is 5.75 Å². The van der Waals surface area contributed by atoms with E-state index in [-0.39, 0.29) is 6.54 Å². The number of carbonyl (C=O) groups excluding carboxylic acids is 1. The van der Waals surface area contributed by atoms with Crippen LogP contribution in [0.25, 0.3) is 0 Å². The molecule has 0 aliphatic heterocycles. The zero-order valence-electron chi connectivity index (χ0n) is 13.6. The highest BCUT2D eigenvalue weighted by atomic mass is 32.1. The van der Waals surface area contributed by atoms with Crippen molar-refractivity contribution in [2.75, 3.05) is 19.0 Å². The molecule has 0 aliphatic rings. The minimum Gasteiger partial charge on any atom is -0.497 e. The van der Waals surface area contributed by atoms with Gasteiger partial charge in [0.1, 0.15) is 11.4 Å². The highest BCUT2D eigenvalue weighted by Gasteiger charge is 2.33. The van der Waals surface area contributed by atoms with E-state index >= 15 is 0 Å². The van der Waals surface area contributed by atoms with Crippen LogP contribution in [0.2, 0.25) is 0 Å². The third-order valence-corrected chi connectivity index (χ3v) is 5.46. The largest absolute Gasteiger partial charge is 0.497 e. The van der Waals surface area contributed by atoms with Crippen molar-refractivity contribution in [1.29, 1.82) is 0 Å². The average molecular weight is 374 g/mol. The predicted molar refractivity (Wildman–Crippen MR) is 102 cm³/mol. The van der Waals surface area contributed by atoms with E-state index < -0.39 is 11.6 Å². The monoisotopic (exact) mass is 374 g/mol. The lowest BCUT2D eigenvalue weighted by Crippen LogP contribution is -2.42. The van der Waals surface area contributed by atoms with Gasteiger partial charge in [0, 0.05) is 22.2 Å². The molecule has 0 radical (unpaired) electrons. The first-order valence-electron chi connectivity index (χ1n) is 7.60. The fraction of sp³-hybridized carbons (Fsp3) is 0.167. The number of urea groups is 1. The summed E-state index contributed by atoms with van der Waals surface area (Å²) in [4.78, 5) is 13.0. The van der Waals surface area contributed by atoms with Gasteiger partial charge in [0.2, 0.25) is 0 Å². The maximum atomic E-state index is 12.2. The maximum Gasteiger partial charge on any atom is 0.319 e. The normalized spacial score (nSPS) is 13.0. The Bertz CT molecular complexity index is 782. The zero-order valence-corrected chi connectivity index (χ0v) is 15.2. The highest BCUT2D eigenvalue weighted by molar-refractivity contribution is 7.10. The molecule has 25 heavy (non-hydrogen) atoms. The molecule has 3 rings (SSSR count). The zero-order chi connectivity index (χ0) is 17.7. The van der Waals surface area contributed by atoms with E-state index in [1.54, 1.807) is 31.4 Å². The molecule has 5 nitrogen and oxygen atoms in total. The van der Waals surface area contributed by atoms with Crippen LogP contribution in [0.15, 0.2) is 58.6 Å². The van der Waals surface area contributed by atoms with Crippen molar-refractivity contribution in [2.45, 2.75) is 5.60 Å². The summed E-state index contributed by atoms with van der Waals surface area (Å²) in [5.41, 5.74) is 0.133. The molecule has 0 bridgehead atoms. The Kier molecular flexibility index (Phi) is 5.37. The first-order valence-corrected chi connectivity index (χ1v) is 9.42. The van der Waals surface area contributed by atoms with Crippen molar-refractivity contribution < 1.29 is 14.6 Å². The van der Waals surface area contributed by atoms with E-state index in [0.29, 0.717) is 11.4 Å². The van der Waals surface area contributed by atoms with Crippen molar-refractivity contribution in [3.05, 3.63) is 69.0 Å². The topological polar surface area (TPSA) is 70.6 Å². The van der Waals surface area contributed by atoms with Crippen molar-refractivity contribution in [2.24, 2.45) is 0 Å². The molecule has 0 fully saturated rings. The van der Waals surface area contributed by atoms with E-state index in [4.69, 9.17) is 4.74 Å². The fourth-order valence-corrected chi connectivity index (χ4v) is 4.00. The highest BCUT2D eigenvalue weighted by Crippen LogP contribution is 2.33. The Hall–Kier alpha value is -2.35. The number of hydrogen-bond acceptors (Lipinski definition) is 5. The molecule has 3 N–H and O–H groups in total. The Labute approximate surface area is 153 Å². The summed E-state index contributed by atoms with van der Waals surface area (Å²) in [5, 5.41) is 22.4. The maximum absolute atomic E-state index is 12.2. The molecule has 2 heterocycles. The molecule has 7 heteroatoms. The van der Waals surface area contributed by atoms with Crippen LogP contribution in [0, 0.1) is 0 Å². The first-order chi connectivity index (χ1) is 12.1. The van der Waals surface area contributed by atoms with Crippen LogP contribution in [0.5, 0.6) is 5.75 Å². The van der Waals surface area contributed by atoms with Gasteiger partial charge in [-0.05, 0) is 40.4 Å². The summed E-state index contributed by atoms with van der Waals surface area (Å²) in [6, 6.07) is 12.3. The van der Waals surface area contributed by atoms with Crippen molar-refractivity contribution in [1.82, 2.24) is 5.32 Å². The average Bonchev–Trinajstić information content (AvgIpc) is 3.33. The molecule has 2 amide bonds. The number of hydrogen-bond donors (Lipinski definition) is 3. The number of thiophene rings is 2. The summed E-state index contributed by atoms with van der Waals surface area (Å²) in [6.07, 6.45) is 0. The van der Waals surface area contributed by atoms with E-state index in [2.05, 4.69) is 10.6 Å². The Morgan fingerprint density at radius 2 is 2.12 bits per heavy atom. The van der Waals surface area contributed by atoms with Gasteiger partial charge in [-0.3, -0.25) is 0 Å². The van der Waals surface area contributed by atoms with Gasteiger partial charge in [-0.15, -0.1) is 11.3 Å². The molecule has 130 valence electrons. The second kappa shape index (κ2) is 7.69. The lowest BCUT2D eigenvalue weighted by atomic mass is 9.94. The van der Waals surface area contributed by atoms with Crippen LogP contribution in [0.3, 0.4) is 0 Å². The first kappa shape index (κ1) is 17.5. The summed E-state index contributed by atoms with van der Waals surface area (Å²) < 4.78 is 5.14. The third kappa shape index (κ3) is 4.01. The lowest BCUT2D eigenvalue weighted by Gasteiger charge is -2.27. The number of anilines is 1. The second-order valence-corrected chi connectivity index (χ2v) is 7.12. The van der Waals surface area contributed by atoms with E-state index in [0.717, 1.165) is 10.4 Å². The standard InChI is InChI=1S/C18H18N2O3S2/c1-23-15-5-2-4-14(10-15)20-17(21)19-12-18(22,13-7-9-24-11-13)16-6-3-8-25-16/h2-11,22H,12H2,1H3,(H2,19,20,21). The van der Waals surface area contributed by atoms with Crippen molar-refractivity contribution >= 4 is 34.4 Å². The molecule has 0 saturated carbocycles. The van der Waals surface area contributed by atoms with Gasteiger partial charge >= 0.3 is 6.03 Å². The molecule has 0 aliphatic carbocycles. The molecule has 1 unspecified atom stereocenters. The van der Waals surface area contributed by atoms with Gasteiger partial charge in [0.25, 0.3) is 0 Å². The number of aliphatic hydroxyl groups is 1. The predicted octanol–water partition coefficient (Wildman–Crippen LogP) is 3.88. The SMILES string of the molecule is COc1cccc(NC(=O)NCC(O)(c2ccsc2)c2cccs2)c1. The molecule has 3 aromatic rings. The van der Waals surface area contributed by atoms with Crippen LogP contribution < -0.4 is 15.4 Å². The number of rotatable bonds is 6. The van der Waals surface area contributed by atoms with Gasteiger partial charge in [0.05, 0.1) is 13.7 Å². The van der Waals surface area contributed by atoms with Crippen LogP contribution in [-0.4, -0.2) is 24.8 Å². The number of carbonyl (C=O) groups is 1. The number of ether oxygens (including phenoxy) is 1. The minimum atomic E-state index is -1.25. The molecule has 0 spiro atoms. The molecule has 1 atom stereocenters. The molecule has 0 saturated heterocycles. The molecular formula is C18H18N2O3S2. The number of amides is 2. The quantitative estimate of drug-likeness (QED) is 0.613. The summed E-state index contributed by atoms with van der Waals surface area (Å²) in [7, 11) is 1.57. The lowest BCUT2D eigenvalue weighted by molar-refractivity contribution is 0.0871. The summed E-state index contributed by atoms with van der Waals surface area (Å²) in [6.45, 7) is 0.0695. The minimum absolute atomic E-state index is 0.0695. The molecule has 2 aromatic heterocycles. The number of nitrogens with one attached hydrogen (secondary N) is 2. The Morgan fingerprint density at radius 3 is 2.80 bits per heavy atom. The Balaban J connectivity index is 1.70. The summed E-state index contributed by atoms with van der Waals surface area (Å²) >= 11 is 2.96. The third-order valence-electron chi connectivity index (χ3n) is 3.76. The van der Waals surface area contributed by atoms with Crippen LogP contribution in [0.4, 0.5) is 10.5 Å². The smallest absolute Gasteiger partial charge is 0.319 e. The van der Waals surface area contributed by atoms with Gasteiger partial charge in [-0.25, -0.2) is 4.79 Å². The molecule has 1 aromatic carbocycles. The van der Waals surface area contributed by atoms with Gasteiger partial charge in [0.15, 0.2) is 0 Å². The fourth-order valence-electron chi connectivity index (χ4n) is 2.43. The van der Waals surface area contributed by atoms with Crippen molar-refractivity contribution in [3.63, 3.8) is 0 Å². The number of methoxy groups -OCH3 is 1. The van der Waals surface area contributed by atoms with Crippen LogP contribution in [-0.2, 0) is 5.60 Å². The number of benzene rings is 1. The van der Waals surface area contributed by atoms with E-state index in [1.165, 1.54) is 22.7 Å². The van der Waals surface area contributed by atoms with Crippen LogP contribution in [0.1, 0.15) is 10.4 Å². The Morgan fingerprint density at radius 1 is 1.24 bits per heavy atom. The van der Waals surface area contributed by atoms with Crippen LogP contribution >= 0.6 is 22.7 Å². The van der Waals surface area contributed by atoms with E-state index in [9.17, 15) is 9.90 Å².